The Morgan fingerprint density at radius 2 is 2.29 bits per heavy atom. The minimum atomic E-state index is 0.136. The van der Waals surface area contributed by atoms with E-state index in [1.54, 1.807) is 11.3 Å². The quantitative estimate of drug-likeness (QED) is 0.917. The summed E-state index contributed by atoms with van der Waals surface area (Å²) in [4.78, 5) is 17.2. The molecule has 112 valence electrons. The number of fused-ring (bicyclic) bond motifs is 1. The van der Waals surface area contributed by atoms with E-state index in [4.69, 9.17) is 0 Å². The molecule has 0 bridgehead atoms. The van der Waals surface area contributed by atoms with Crippen molar-refractivity contribution in [2.24, 2.45) is 0 Å². The van der Waals surface area contributed by atoms with Crippen LogP contribution in [-0.2, 0) is 11.2 Å². The van der Waals surface area contributed by atoms with Crippen LogP contribution in [-0.4, -0.2) is 30.4 Å². The average Bonchev–Trinajstić information content (AvgIpc) is 3.15. The molecular weight excluding hydrogens is 300 g/mol. The summed E-state index contributed by atoms with van der Waals surface area (Å²) in [5.74, 6) is 0.136. The van der Waals surface area contributed by atoms with E-state index in [1.165, 1.54) is 15.3 Å². The maximum absolute atomic E-state index is 12.1. The van der Waals surface area contributed by atoms with Gasteiger partial charge in [-0.25, -0.2) is 0 Å². The fourth-order valence-corrected chi connectivity index (χ4v) is 4.60. The number of nitrogens with one attached hydrogen (secondary N) is 1. The van der Waals surface area contributed by atoms with Gasteiger partial charge in [0, 0.05) is 22.8 Å². The van der Waals surface area contributed by atoms with Gasteiger partial charge in [-0.3, -0.25) is 9.69 Å². The van der Waals surface area contributed by atoms with Gasteiger partial charge in [-0.05, 0) is 41.3 Å². The SMILES string of the molecule is CCCNC(=O)CN1CCc2sccc2C1c1cccs1. The van der Waals surface area contributed by atoms with Gasteiger partial charge >= 0.3 is 0 Å². The van der Waals surface area contributed by atoms with E-state index in [9.17, 15) is 4.79 Å². The van der Waals surface area contributed by atoms with Crippen LogP contribution in [0.25, 0.3) is 0 Å². The average molecular weight is 320 g/mol. The third kappa shape index (κ3) is 3.20. The molecule has 3 heterocycles. The molecular formula is C16H20N2OS2. The lowest BCUT2D eigenvalue weighted by Crippen LogP contribution is -2.42. The number of carbonyl (C=O) groups is 1. The van der Waals surface area contributed by atoms with Crippen molar-refractivity contribution in [3.05, 3.63) is 44.3 Å². The van der Waals surface area contributed by atoms with E-state index in [2.05, 4.69) is 46.1 Å². The van der Waals surface area contributed by atoms with Crippen LogP contribution in [0.5, 0.6) is 0 Å². The summed E-state index contributed by atoms with van der Waals surface area (Å²) in [5, 5.41) is 7.28. The number of amides is 1. The summed E-state index contributed by atoms with van der Waals surface area (Å²) < 4.78 is 0. The maximum atomic E-state index is 12.1. The van der Waals surface area contributed by atoms with Crippen LogP contribution < -0.4 is 5.32 Å². The highest BCUT2D eigenvalue weighted by Crippen LogP contribution is 2.39. The Kier molecular flexibility index (Phi) is 4.73. The lowest BCUT2D eigenvalue weighted by molar-refractivity contribution is -0.122. The molecule has 1 atom stereocenters. The molecule has 2 aromatic heterocycles. The van der Waals surface area contributed by atoms with E-state index in [0.29, 0.717) is 6.54 Å². The van der Waals surface area contributed by atoms with Crippen LogP contribution in [0.15, 0.2) is 29.0 Å². The van der Waals surface area contributed by atoms with Crippen molar-refractivity contribution in [2.45, 2.75) is 25.8 Å². The van der Waals surface area contributed by atoms with Gasteiger partial charge < -0.3 is 5.32 Å². The first kappa shape index (κ1) is 14.8. The monoisotopic (exact) mass is 320 g/mol. The van der Waals surface area contributed by atoms with Crippen molar-refractivity contribution >= 4 is 28.6 Å². The molecule has 3 rings (SSSR count). The number of thiophene rings is 2. The smallest absolute Gasteiger partial charge is 0.234 e. The van der Waals surface area contributed by atoms with Gasteiger partial charge in [-0.1, -0.05) is 13.0 Å². The fraction of sp³-hybridized carbons (Fsp3) is 0.438. The molecule has 1 amide bonds. The Morgan fingerprint density at radius 3 is 3.05 bits per heavy atom. The molecule has 0 saturated heterocycles. The standard InChI is InChI=1S/C16H20N2OS2/c1-2-7-17-15(19)11-18-8-5-13-12(6-10-21-13)16(18)14-4-3-9-20-14/h3-4,6,9-10,16H,2,5,7-8,11H2,1H3,(H,17,19). The van der Waals surface area contributed by atoms with Crippen LogP contribution in [0.3, 0.4) is 0 Å². The predicted molar refractivity (Wildman–Crippen MR) is 89.1 cm³/mol. The van der Waals surface area contributed by atoms with Crippen LogP contribution in [0, 0.1) is 0 Å². The van der Waals surface area contributed by atoms with E-state index >= 15 is 0 Å². The van der Waals surface area contributed by atoms with Gasteiger partial charge in [0.25, 0.3) is 0 Å². The highest BCUT2D eigenvalue weighted by Gasteiger charge is 2.31. The summed E-state index contributed by atoms with van der Waals surface area (Å²) in [6, 6.07) is 6.74. The summed E-state index contributed by atoms with van der Waals surface area (Å²) in [6.07, 6.45) is 2.03. The Balaban J connectivity index is 1.81. The number of hydrogen-bond donors (Lipinski definition) is 1. The molecule has 3 nitrogen and oxygen atoms in total. The molecule has 1 N–H and O–H groups in total. The molecule has 1 unspecified atom stereocenters. The summed E-state index contributed by atoms with van der Waals surface area (Å²) in [7, 11) is 0. The zero-order valence-electron chi connectivity index (χ0n) is 12.2. The van der Waals surface area contributed by atoms with Crippen molar-refractivity contribution < 1.29 is 4.79 Å². The van der Waals surface area contributed by atoms with Gasteiger partial charge in [0.15, 0.2) is 0 Å². The normalized spacial score (nSPS) is 18.4. The van der Waals surface area contributed by atoms with Crippen molar-refractivity contribution in [3.63, 3.8) is 0 Å². The van der Waals surface area contributed by atoms with E-state index < -0.39 is 0 Å². The van der Waals surface area contributed by atoms with Crippen LogP contribution in [0.1, 0.15) is 34.7 Å². The molecule has 1 aliphatic heterocycles. The molecule has 1 aliphatic rings. The number of carbonyl (C=O) groups excluding carboxylic acids is 1. The third-order valence-electron chi connectivity index (χ3n) is 3.80. The molecule has 0 radical (unpaired) electrons. The second-order valence-corrected chi connectivity index (χ2v) is 7.27. The van der Waals surface area contributed by atoms with E-state index in [0.717, 1.165) is 25.9 Å². The molecule has 0 aliphatic carbocycles. The first-order valence-electron chi connectivity index (χ1n) is 7.40. The molecule has 0 fully saturated rings. The summed E-state index contributed by atoms with van der Waals surface area (Å²) in [6.45, 7) is 4.28. The van der Waals surface area contributed by atoms with Crippen molar-refractivity contribution in [1.82, 2.24) is 10.2 Å². The molecule has 2 aromatic rings. The number of hydrogen-bond acceptors (Lipinski definition) is 4. The van der Waals surface area contributed by atoms with Crippen LogP contribution in [0.2, 0.25) is 0 Å². The highest BCUT2D eigenvalue weighted by atomic mass is 32.1. The first-order chi connectivity index (χ1) is 10.3. The lowest BCUT2D eigenvalue weighted by Gasteiger charge is -2.34. The molecule has 5 heteroatoms. The predicted octanol–water partition coefficient (Wildman–Crippen LogP) is 3.28. The molecule has 0 spiro atoms. The number of rotatable bonds is 5. The third-order valence-corrected chi connectivity index (χ3v) is 5.72. The van der Waals surface area contributed by atoms with Gasteiger partial charge in [0.2, 0.25) is 5.91 Å². The van der Waals surface area contributed by atoms with Crippen molar-refractivity contribution in [1.29, 1.82) is 0 Å². The Morgan fingerprint density at radius 1 is 1.38 bits per heavy atom. The Bertz CT molecular complexity index is 591. The van der Waals surface area contributed by atoms with E-state index in [-0.39, 0.29) is 11.9 Å². The molecule has 0 aromatic carbocycles. The Hall–Kier alpha value is -1.17. The summed E-state index contributed by atoms with van der Waals surface area (Å²) in [5.41, 5.74) is 1.39. The fourth-order valence-electron chi connectivity index (χ4n) is 2.82. The second kappa shape index (κ2) is 6.73. The lowest BCUT2D eigenvalue weighted by atomic mass is 9.98. The Labute approximate surface area is 133 Å². The minimum absolute atomic E-state index is 0.136. The molecule has 21 heavy (non-hydrogen) atoms. The van der Waals surface area contributed by atoms with Gasteiger partial charge in [-0.15, -0.1) is 22.7 Å². The van der Waals surface area contributed by atoms with Crippen molar-refractivity contribution in [3.8, 4) is 0 Å². The maximum Gasteiger partial charge on any atom is 0.234 e. The summed E-state index contributed by atoms with van der Waals surface area (Å²) >= 11 is 3.61. The van der Waals surface area contributed by atoms with Gasteiger partial charge in [0.05, 0.1) is 12.6 Å². The van der Waals surface area contributed by atoms with Gasteiger partial charge in [-0.2, -0.15) is 0 Å². The minimum Gasteiger partial charge on any atom is -0.355 e. The van der Waals surface area contributed by atoms with Crippen LogP contribution >= 0.6 is 22.7 Å². The number of nitrogens with zero attached hydrogens (tertiary/aromatic N) is 1. The zero-order valence-corrected chi connectivity index (χ0v) is 13.8. The first-order valence-corrected chi connectivity index (χ1v) is 9.16. The van der Waals surface area contributed by atoms with Crippen molar-refractivity contribution in [2.75, 3.05) is 19.6 Å². The highest BCUT2D eigenvalue weighted by molar-refractivity contribution is 7.10. The molecule has 0 saturated carbocycles. The topological polar surface area (TPSA) is 32.3 Å². The second-order valence-electron chi connectivity index (χ2n) is 5.29. The largest absolute Gasteiger partial charge is 0.355 e. The van der Waals surface area contributed by atoms with Crippen LogP contribution in [0.4, 0.5) is 0 Å². The van der Waals surface area contributed by atoms with E-state index in [1.807, 2.05) is 11.3 Å². The zero-order chi connectivity index (χ0) is 14.7. The van der Waals surface area contributed by atoms with Gasteiger partial charge in [0.1, 0.15) is 0 Å².